The van der Waals surface area contributed by atoms with E-state index >= 15 is 0 Å². The summed E-state index contributed by atoms with van der Waals surface area (Å²) < 4.78 is 4.69. The van der Waals surface area contributed by atoms with Crippen LogP contribution in [0.1, 0.15) is 27.2 Å². The van der Waals surface area contributed by atoms with Gasteiger partial charge in [-0.05, 0) is 23.3 Å². The van der Waals surface area contributed by atoms with Crippen LogP contribution in [0.4, 0.5) is 5.13 Å². The number of aromatic nitrogens is 1. The average molecular weight is 396 g/mol. The number of hydrogen-bond donors (Lipinski definition) is 2. The molecular weight excluding hydrogens is 376 g/mol. The van der Waals surface area contributed by atoms with Gasteiger partial charge in [0.25, 0.3) is 0 Å². The summed E-state index contributed by atoms with van der Waals surface area (Å²) in [6.07, 6.45) is 0.968. The molecule has 0 aliphatic heterocycles. The lowest BCUT2D eigenvalue weighted by molar-refractivity contribution is -0.137. The molecule has 2 aromatic carbocycles. The van der Waals surface area contributed by atoms with Gasteiger partial charge in [0.2, 0.25) is 0 Å². The van der Waals surface area contributed by atoms with Crippen molar-refractivity contribution in [1.29, 1.82) is 0 Å². The molecule has 0 saturated heterocycles. The number of carbonyl (C=O) groups excluding carboxylic acids is 1. The number of anilines is 1. The molecule has 7 heteroatoms. The molecule has 3 rings (SSSR count). The van der Waals surface area contributed by atoms with E-state index in [4.69, 9.17) is 4.74 Å². The standard InChI is InChI=1S/C21H20N2O4S/c1-27-20(26)16-9-7-15(8-10-16)11-17-13-28-21(22-17)23-18(19(24)25)12-14-5-3-2-4-6-14/h2-10,13,18H,11-12H2,1H3,(H,22,23)(H,24,25)/t18-/m1/s1. The fraction of sp³-hybridized carbons (Fsp3) is 0.190. The molecule has 0 bridgehead atoms. The lowest BCUT2D eigenvalue weighted by atomic mass is 10.1. The molecule has 1 aromatic heterocycles. The molecule has 28 heavy (non-hydrogen) atoms. The molecule has 1 atom stereocenters. The summed E-state index contributed by atoms with van der Waals surface area (Å²) in [6, 6.07) is 15.9. The number of nitrogens with one attached hydrogen (secondary N) is 1. The molecule has 0 unspecified atom stereocenters. The molecule has 0 amide bonds. The van der Waals surface area contributed by atoms with E-state index in [2.05, 4.69) is 10.3 Å². The first kappa shape index (κ1) is 19.6. The van der Waals surface area contributed by atoms with Crippen molar-refractivity contribution in [1.82, 2.24) is 4.98 Å². The SMILES string of the molecule is COC(=O)c1ccc(Cc2csc(N[C@H](Cc3ccccc3)C(=O)O)n2)cc1. The zero-order chi connectivity index (χ0) is 19.9. The molecule has 1 heterocycles. The first-order valence-corrected chi connectivity index (χ1v) is 9.58. The van der Waals surface area contributed by atoms with Crippen molar-refractivity contribution < 1.29 is 19.4 Å². The fourth-order valence-electron chi connectivity index (χ4n) is 2.74. The second-order valence-corrected chi connectivity index (χ2v) is 7.09. The molecule has 0 spiro atoms. The third kappa shape index (κ3) is 5.17. The summed E-state index contributed by atoms with van der Waals surface area (Å²) in [5.74, 6) is -1.29. The van der Waals surface area contributed by atoms with Crippen LogP contribution in [0, 0.1) is 0 Å². The second-order valence-electron chi connectivity index (χ2n) is 6.23. The summed E-state index contributed by atoms with van der Waals surface area (Å²) in [5, 5.41) is 15.0. The quantitative estimate of drug-likeness (QED) is 0.565. The highest BCUT2D eigenvalue weighted by atomic mass is 32.1. The Hall–Kier alpha value is -3.19. The Morgan fingerprint density at radius 2 is 1.82 bits per heavy atom. The van der Waals surface area contributed by atoms with Gasteiger partial charge in [0, 0.05) is 18.2 Å². The maximum absolute atomic E-state index is 11.6. The van der Waals surface area contributed by atoms with Gasteiger partial charge >= 0.3 is 11.9 Å². The summed E-state index contributed by atoms with van der Waals surface area (Å²) >= 11 is 1.38. The lowest BCUT2D eigenvalue weighted by Gasteiger charge is -2.13. The van der Waals surface area contributed by atoms with E-state index in [-0.39, 0.29) is 5.97 Å². The summed E-state index contributed by atoms with van der Waals surface area (Å²) in [7, 11) is 1.35. The van der Waals surface area contributed by atoms with Crippen molar-refractivity contribution in [2.45, 2.75) is 18.9 Å². The number of carboxylic acid groups (broad SMARTS) is 1. The average Bonchev–Trinajstić information content (AvgIpc) is 3.15. The van der Waals surface area contributed by atoms with E-state index in [0.29, 0.717) is 23.5 Å². The highest BCUT2D eigenvalue weighted by Crippen LogP contribution is 2.20. The van der Waals surface area contributed by atoms with Crippen LogP contribution in [-0.4, -0.2) is 35.2 Å². The topological polar surface area (TPSA) is 88.5 Å². The Labute approximate surface area is 166 Å². The molecule has 3 aromatic rings. The van der Waals surface area contributed by atoms with Crippen molar-refractivity contribution in [2.75, 3.05) is 12.4 Å². The maximum Gasteiger partial charge on any atom is 0.337 e. The van der Waals surface area contributed by atoms with E-state index in [1.807, 2.05) is 47.8 Å². The van der Waals surface area contributed by atoms with Crippen LogP contribution in [0.15, 0.2) is 60.0 Å². The monoisotopic (exact) mass is 396 g/mol. The second kappa shape index (κ2) is 9.14. The summed E-state index contributed by atoms with van der Waals surface area (Å²) in [5.41, 5.74) is 3.28. The minimum Gasteiger partial charge on any atom is -0.480 e. The molecule has 2 N–H and O–H groups in total. The van der Waals surface area contributed by atoms with Crippen LogP contribution >= 0.6 is 11.3 Å². The Balaban J connectivity index is 1.64. The molecule has 0 fully saturated rings. The van der Waals surface area contributed by atoms with Crippen molar-refractivity contribution in [3.8, 4) is 0 Å². The number of rotatable bonds is 8. The molecule has 0 aliphatic rings. The number of esters is 1. The number of ether oxygens (including phenoxy) is 1. The number of carbonyl (C=O) groups is 2. The van der Waals surface area contributed by atoms with Crippen LogP contribution in [-0.2, 0) is 22.4 Å². The van der Waals surface area contributed by atoms with E-state index in [9.17, 15) is 14.7 Å². The molecule has 0 aliphatic carbocycles. The number of carboxylic acids is 1. The number of benzene rings is 2. The smallest absolute Gasteiger partial charge is 0.337 e. The number of aliphatic carboxylic acids is 1. The molecule has 0 saturated carbocycles. The largest absolute Gasteiger partial charge is 0.480 e. The van der Waals surface area contributed by atoms with Crippen molar-refractivity contribution in [2.24, 2.45) is 0 Å². The number of hydrogen-bond acceptors (Lipinski definition) is 6. The van der Waals surface area contributed by atoms with E-state index in [1.165, 1.54) is 18.4 Å². The van der Waals surface area contributed by atoms with Gasteiger partial charge in [-0.25, -0.2) is 14.6 Å². The molecule has 144 valence electrons. The summed E-state index contributed by atoms with van der Waals surface area (Å²) in [6.45, 7) is 0. The van der Waals surface area contributed by atoms with Crippen LogP contribution in [0.2, 0.25) is 0 Å². The maximum atomic E-state index is 11.6. The van der Waals surface area contributed by atoms with Gasteiger partial charge in [-0.15, -0.1) is 11.3 Å². The highest BCUT2D eigenvalue weighted by molar-refractivity contribution is 7.13. The zero-order valence-corrected chi connectivity index (χ0v) is 16.1. The van der Waals surface area contributed by atoms with Gasteiger partial charge in [0.05, 0.1) is 18.4 Å². The third-order valence-corrected chi connectivity index (χ3v) is 5.01. The predicted molar refractivity (Wildman–Crippen MR) is 108 cm³/mol. The first-order chi connectivity index (χ1) is 13.5. The zero-order valence-electron chi connectivity index (χ0n) is 15.3. The first-order valence-electron chi connectivity index (χ1n) is 8.70. The normalized spacial score (nSPS) is 11.6. The van der Waals surface area contributed by atoms with Crippen LogP contribution < -0.4 is 5.32 Å². The molecule has 0 radical (unpaired) electrons. The number of thiazole rings is 1. The van der Waals surface area contributed by atoms with Crippen LogP contribution in [0.3, 0.4) is 0 Å². The predicted octanol–water partition coefficient (Wildman–Crippen LogP) is 3.63. The fourth-order valence-corrected chi connectivity index (χ4v) is 3.50. The van der Waals surface area contributed by atoms with Crippen LogP contribution in [0.5, 0.6) is 0 Å². The van der Waals surface area contributed by atoms with Gasteiger partial charge in [0.15, 0.2) is 5.13 Å². The number of nitrogens with zero attached hydrogens (tertiary/aromatic N) is 1. The van der Waals surface area contributed by atoms with E-state index in [1.54, 1.807) is 12.1 Å². The Kier molecular flexibility index (Phi) is 6.39. The Morgan fingerprint density at radius 3 is 2.46 bits per heavy atom. The Bertz CT molecular complexity index is 939. The summed E-state index contributed by atoms with van der Waals surface area (Å²) in [4.78, 5) is 27.6. The van der Waals surface area contributed by atoms with Gasteiger partial charge in [0.1, 0.15) is 6.04 Å². The van der Waals surface area contributed by atoms with E-state index in [0.717, 1.165) is 16.8 Å². The highest BCUT2D eigenvalue weighted by Gasteiger charge is 2.19. The van der Waals surface area contributed by atoms with Gasteiger partial charge in [-0.2, -0.15) is 0 Å². The van der Waals surface area contributed by atoms with Gasteiger partial charge in [-0.1, -0.05) is 42.5 Å². The van der Waals surface area contributed by atoms with Crippen molar-refractivity contribution in [3.05, 3.63) is 82.4 Å². The van der Waals surface area contributed by atoms with Gasteiger partial charge < -0.3 is 15.2 Å². The van der Waals surface area contributed by atoms with Gasteiger partial charge in [-0.3, -0.25) is 0 Å². The minimum atomic E-state index is -0.918. The van der Waals surface area contributed by atoms with Crippen molar-refractivity contribution in [3.63, 3.8) is 0 Å². The Morgan fingerprint density at radius 1 is 1.11 bits per heavy atom. The molecule has 6 nitrogen and oxygen atoms in total. The third-order valence-electron chi connectivity index (χ3n) is 4.19. The van der Waals surface area contributed by atoms with Crippen molar-refractivity contribution >= 4 is 28.4 Å². The minimum absolute atomic E-state index is 0.371. The number of methoxy groups -OCH3 is 1. The van der Waals surface area contributed by atoms with E-state index < -0.39 is 12.0 Å². The lowest BCUT2D eigenvalue weighted by Crippen LogP contribution is -2.31. The molecular formula is C21H20N2O4S. The van der Waals surface area contributed by atoms with Crippen LogP contribution in [0.25, 0.3) is 0 Å².